The van der Waals surface area contributed by atoms with Crippen LogP contribution in [-0.4, -0.2) is 60.2 Å². The molecule has 1 fully saturated rings. The number of rotatable bonds is 6. The summed E-state index contributed by atoms with van der Waals surface area (Å²) in [4.78, 5) is 23.6. The molecule has 0 saturated carbocycles. The topological polar surface area (TPSA) is 79.4 Å². The van der Waals surface area contributed by atoms with Gasteiger partial charge in [0.1, 0.15) is 5.69 Å². The highest BCUT2D eigenvalue weighted by atomic mass is 16.5. The highest BCUT2D eigenvalue weighted by Crippen LogP contribution is 2.12. The Morgan fingerprint density at radius 3 is 2.77 bits per heavy atom. The van der Waals surface area contributed by atoms with Crippen molar-refractivity contribution in [3.05, 3.63) is 47.3 Å². The summed E-state index contributed by atoms with van der Waals surface area (Å²) >= 11 is 0. The fourth-order valence-corrected chi connectivity index (χ4v) is 2.83. The molecule has 1 aromatic carbocycles. The van der Waals surface area contributed by atoms with Crippen LogP contribution in [0.25, 0.3) is 0 Å². The lowest BCUT2D eigenvalue weighted by Gasteiger charge is -2.26. The zero-order valence-corrected chi connectivity index (χ0v) is 15.3. The molecule has 1 amide bonds. The molecular formula is C19H25N5O2. The first-order valence-electron chi connectivity index (χ1n) is 8.88. The van der Waals surface area contributed by atoms with E-state index in [1.807, 2.05) is 38.1 Å². The first-order chi connectivity index (χ1) is 12.6. The smallest absolute Gasteiger partial charge is 0.274 e. The van der Waals surface area contributed by atoms with Gasteiger partial charge in [-0.05, 0) is 37.6 Å². The number of carbonyl (C=O) groups is 1. The van der Waals surface area contributed by atoms with Crippen LogP contribution < -0.4 is 10.6 Å². The van der Waals surface area contributed by atoms with Gasteiger partial charge in [0.25, 0.3) is 5.91 Å². The Balaban J connectivity index is 1.60. The summed E-state index contributed by atoms with van der Waals surface area (Å²) in [5.41, 5.74) is 2.95. The fraction of sp³-hybridized carbons (Fsp3) is 0.421. The minimum Gasteiger partial charge on any atom is -0.379 e. The fourth-order valence-electron chi connectivity index (χ4n) is 2.83. The van der Waals surface area contributed by atoms with Gasteiger partial charge in [0.05, 0.1) is 13.2 Å². The summed E-state index contributed by atoms with van der Waals surface area (Å²) in [6.07, 6.45) is 0. The molecule has 1 saturated heterocycles. The highest BCUT2D eigenvalue weighted by Gasteiger charge is 2.12. The van der Waals surface area contributed by atoms with Gasteiger partial charge in [-0.3, -0.25) is 9.69 Å². The SMILES string of the molecule is Cc1cccc(NC(=O)c2cc(C)nc(NCCN3CCOCC3)n2)c1. The standard InChI is InChI=1S/C19H25N5O2/c1-14-4-3-5-16(12-14)22-18(25)17-13-15(2)21-19(23-17)20-6-7-24-8-10-26-11-9-24/h3-5,12-13H,6-11H2,1-2H3,(H,22,25)(H,20,21,23). The number of hydrogen-bond acceptors (Lipinski definition) is 6. The van der Waals surface area contributed by atoms with E-state index in [2.05, 4.69) is 25.5 Å². The summed E-state index contributed by atoms with van der Waals surface area (Å²) in [7, 11) is 0. The van der Waals surface area contributed by atoms with E-state index >= 15 is 0 Å². The lowest BCUT2D eigenvalue weighted by Crippen LogP contribution is -2.39. The van der Waals surface area contributed by atoms with Crippen molar-refractivity contribution in [2.24, 2.45) is 0 Å². The molecule has 7 heteroatoms. The summed E-state index contributed by atoms with van der Waals surface area (Å²) in [5.74, 6) is 0.241. The third kappa shape index (κ3) is 5.24. The van der Waals surface area contributed by atoms with Crippen molar-refractivity contribution in [2.45, 2.75) is 13.8 Å². The maximum absolute atomic E-state index is 12.5. The van der Waals surface area contributed by atoms with Gasteiger partial charge in [-0.1, -0.05) is 12.1 Å². The van der Waals surface area contributed by atoms with Gasteiger partial charge in [0, 0.05) is 37.6 Å². The van der Waals surface area contributed by atoms with Crippen LogP contribution in [0.15, 0.2) is 30.3 Å². The van der Waals surface area contributed by atoms with E-state index in [4.69, 9.17) is 4.74 Å². The number of nitrogens with zero attached hydrogens (tertiary/aromatic N) is 3. The van der Waals surface area contributed by atoms with Crippen molar-refractivity contribution in [2.75, 3.05) is 50.0 Å². The largest absolute Gasteiger partial charge is 0.379 e. The Labute approximate surface area is 153 Å². The van der Waals surface area contributed by atoms with E-state index in [0.29, 0.717) is 11.6 Å². The molecule has 2 heterocycles. The molecule has 2 aromatic rings. The molecule has 1 aliphatic heterocycles. The monoisotopic (exact) mass is 355 g/mol. The predicted molar refractivity (Wildman–Crippen MR) is 102 cm³/mol. The van der Waals surface area contributed by atoms with Gasteiger partial charge in [0.15, 0.2) is 0 Å². The number of hydrogen-bond donors (Lipinski definition) is 2. The molecule has 138 valence electrons. The molecule has 7 nitrogen and oxygen atoms in total. The number of anilines is 2. The maximum atomic E-state index is 12.5. The van der Waals surface area contributed by atoms with Crippen LogP contribution in [0.1, 0.15) is 21.7 Å². The van der Waals surface area contributed by atoms with Crippen molar-refractivity contribution in [1.82, 2.24) is 14.9 Å². The second kappa shape index (κ2) is 8.73. The van der Waals surface area contributed by atoms with E-state index in [0.717, 1.165) is 56.3 Å². The quantitative estimate of drug-likeness (QED) is 0.826. The molecule has 0 aliphatic carbocycles. The number of carbonyl (C=O) groups excluding carboxylic acids is 1. The first-order valence-corrected chi connectivity index (χ1v) is 8.88. The van der Waals surface area contributed by atoms with Crippen molar-refractivity contribution < 1.29 is 9.53 Å². The molecule has 2 N–H and O–H groups in total. The minimum atomic E-state index is -0.239. The minimum absolute atomic E-state index is 0.239. The summed E-state index contributed by atoms with van der Waals surface area (Å²) < 4.78 is 5.35. The van der Waals surface area contributed by atoms with Crippen molar-refractivity contribution >= 4 is 17.5 Å². The highest BCUT2D eigenvalue weighted by molar-refractivity contribution is 6.03. The Morgan fingerprint density at radius 2 is 2.00 bits per heavy atom. The van der Waals surface area contributed by atoms with Crippen LogP contribution in [0.2, 0.25) is 0 Å². The molecular weight excluding hydrogens is 330 g/mol. The lowest BCUT2D eigenvalue weighted by atomic mass is 10.2. The molecule has 3 rings (SSSR count). The van der Waals surface area contributed by atoms with Crippen LogP contribution in [0.4, 0.5) is 11.6 Å². The number of ether oxygens (including phenoxy) is 1. The first kappa shape index (κ1) is 18.3. The second-order valence-corrected chi connectivity index (χ2v) is 6.42. The second-order valence-electron chi connectivity index (χ2n) is 6.42. The number of amides is 1. The van der Waals surface area contributed by atoms with E-state index in [-0.39, 0.29) is 5.91 Å². The van der Waals surface area contributed by atoms with E-state index in [1.165, 1.54) is 0 Å². The summed E-state index contributed by atoms with van der Waals surface area (Å²) in [6, 6.07) is 9.38. The van der Waals surface area contributed by atoms with Crippen molar-refractivity contribution in [1.29, 1.82) is 0 Å². The molecule has 1 aliphatic rings. The zero-order chi connectivity index (χ0) is 18.4. The van der Waals surface area contributed by atoms with Crippen LogP contribution in [0, 0.1) is 13.8 Å². The molecule has 0 atom stereocenters. The number of morpholine rings is 1. The Bertz CT molecular complexity index is 759. The third-order valence-electron chi connectivity index (χ3n) is 4.18. The van der Waals surface area contributed by atoms with E-state index in [1.54, 1.807) is 6.07 Å². The number of benzene rings is 1. The Hall–Kier alpha value is -2.51. The van der Waals surface area contributed by atoms with Gasteiger partial charge >= 0.3 is 0 Å². The number of nitrogens with one attached hydrogen (secondary N) is 2. The predicted octanol–water partition coefficient (Wildman–Crippen LogP) is 2.09. The van der Waals surface area contributed by atoms with Gasteiger partial charge in [-0.25, -0.2) is 9.97 Å². The lowest BCUT2D eigenvalue weighted by molar-refractivity contribution is 0.0398. The van der Waals surface area contributed by atoms with Gasteiger partial charge in [-0.15, -0.1) is 0 Å². The van der Waals surface area contributed by atoms with Gasteiger partial charge < -0.3 is 15.4 Å². The number of aryl methyl sites for hydroxylation is 2. The zero-order valence-electron chi connectivity index (χ0n) is 15.3. The van der Waals surface area contributed by atoms with Crippen molar-refractivity contribution in [3.63, 3.8) is 0 Å². The van der Waals surface area contributed by atoms with Crippen molar-refractivity contribution in [3.8, 4) is 0 Å². The average molecular weight is 355 g/mol. The Kier molecular flexibility index (Phi) is 6.14. The Morgan fingerprint density at radius 1 is 1.19 bits per heavy atom. The molecule has 0 bridgehead atoms. The molecule has 1 aromatic heterocycles. The summed E-state index contributed by atoms with van der Waals surface area (Å²) in [6.45, 7) is 8.92. The van der Waals surface area contributed by atoms with Crippen LogP contribution in [-0.2, 0) is 4.74 Å². The summed E-state index contributed by atoms with van der Waals surface area (Å²) in [5, 5.41) is 6.10. The average Bonchev–Trinajstić information content (AvgIpc) is 2.62. The molecule has 0 radical (unpaired) electrons. The van der Waals surface area contributed by atoms with E-state index < -0.39 is 0 Å². The third-order valence-corrected chi connectivity index (χ3v) is 4.18. The molecule has 0 spiro atoms. The normalized spacial score (nSPS) is 14.8. The molecule has 0 unspecified atom stereocenters. The van der Waals surface area contributed by atoms with Gasteiger partial charge in [-0.2, -0.15) is 0 Å². The number of aromatic nitrogens is 2. The molecule has 26 heavy (non-hydrogen) atoms. The van der Waals surface area contributed by atoms with Crippen LogP contribution in [0.3, 0.4) is 0 Å². The van der Waals surface area contributed by atoms with Crippen LogP contribution in [0.5, 0.6) is 0 Å². The van der Waals surface area contributed by atoms with Crippen LogP contribution >= 0.6 is 0 Å². The van der Waals surface area contributed by atoms with Gasteiger partial charge in [0.2, 0.25) is 5.95 Å². The maximum Gasteiger partial charge on any atom is 0.274 e. The van der Waals surface area contributed by atoms with E-state index in [9.17, 15) is 4.79 Å².